The predicted octanol–water partition coefficient (Wildman–Crippen LogP) is 4.45. The fourth-order valence-corrected chi connectivity index (χ4v) is 4.82. The fourth-order valence-electron chi connectivity index (χ4n) is 3.96. The van der Waals surface area contributed by atoms with E-state index in [-0.39, 0.29) is 5.91 Å². The van der Waals surface area contributed by atoms with Gasteiger partial charge in [0.05, 0.1) is 14.2 Å². The molecule has 1 saturated heterocycles. The number of carbonyl (C=O) groups excluding carboxylic acids is 1. The summed E-state index contributed by atoms with van der Waals surface area (Å²) in [4.78, 5) is 19.8. The number of amides is 1. The third kappa shape index (κ3) is 5.75. The minimum atomic E-state index is -0.178. The first kappa shape index (κ1) is 23.3. The van der Waals surface area contributed by atoms with Crippen molar-refractivity contribution in [1.29, 1.82) is 0 Å². The van der Waals surface area contributed by atoms with E-state index in [1.807, 2.05) is 24.3 Å². The van der Waals surface area contributed by atoms with Crippen molar-refractivity contribution in [3.8, 4) is 11.5 Å². The van der Waals surface area contributed by atoms with Gasteiger partial charge in [0.2, 0.25) is 5.13 Å². The van der Waals surface area contributed by atoms with Crippen LogP contribution in [0.1, 0.15) is 34.6 Å². The molecule has 7 nitrogen and oxygen atoms in total. The van der Waals surface area contributed by atoms with Crippen molar-refractivity contribution in [2.24, 2.45) is 5.92 Å². The van der Waals surface area contributed by atoms with E-state index in [1.165, 1.54) is 11.5 Å². The summed E-state index contributed by atoms with van der Waals surface area (Å²) in [5.41, 5.74) is 1.58. The molecule has 0 aliphatic carbocycles. The van der Waals surface area contributed by atoms with E-state index in [0.29, 0.717) is 35.9 Å². The van der Waals surface area contributed by atoms with Gasteiger partial charge >= 0.3 is 0 Å². The van der Waals surface area contributed by atoms with Gasteiger partial charge < -0.3 is 19.7 Å². The Balaban J connectivity index is 1.28. The van der Waals surface area contributed by atoms with Crippen LogP contribution in [0, 0.1) is 5.92 Å². The first-order valence-electron chi connectivity index (χ1n) is 10.9. The van der Waals surface area contributed by atoms with Gasteiger partial charge in [-0.1, -0.05) is 29.8 Å². The van der Waals surface area contributed by atoms with Crippen molar-refractivity contribution in [2.75, 3.05) is 38.8 Å². The first-order chi connectivity index (χ1) is 16.1. The molecule has 2 aromatic carbocycles. The highest BCUT2D eigenvalue weighted by Gasteiger charge is 2.24. The summed E-state index contributed by atoms with van der Waals surface area (Å²) in [7, 11) is 3.10. The second-order valence-corrected chi connectivity index (χ2v) is 9.14. The number of carbonyl (C=O) groups is 1. The molecule has 9 heteroatoms. The molecule has 174 valence electrons. The van der Waals surface area contributed by atoms with Gasteiger partial charge in [0, 0.05) is 42.6 Å². The number of anilines is 1. The molecule has 0 unspecified atom stereocenters. The molecule has 0 atom stereocenters. The number of halogens is 1. The summed E-state index contributed by atoms with van der Waals surface area (Å²) < 4.78 is 15.2. The lowest BCUT2D eigenvalue weighted by atomic mass is 9.97. The lowest BCUT2D eigenvalue weighted by Gasteiger charge is -2.31. The fraction of sp³-hybridized carbons (Fsp3) is 0.375. The number of rotatable bonds is 8. The van der Waals surface area contributed by atoms with Gasteiger partial charge in [-0.15, -0.1) is 0 Å². The van der Waals surface area contributed by atoms with Crippen LogP contribution in [-0.2, 0) is 6.42 Å². The summed E-state index contributed by atoms with van der Waals surface area (Å²) in [5.74, 6) is 2.08. The van der Waals surface area contributed by atoms with E-state index < -0.39 is 0 Å². The van der Waals surface area contributed by atoms with Crippen LogP contribution in [0.5, 0.6) is 11.5 Å². The summed E-state index contributed by atoms with van der Waals surface area (Å²) in [5, 5.41) is 4.74. The Bertz CT molecular complexity index is 1060. The minimum absolute atomic E-state index is 0.178. The maximum Gasteiger partial charge on any atom is 0.258 e. The van der Waals surface area contributed by atoms with Crippen LogP contribution < -0.4 is 19.7 Å². The largest absolute Gasteiger partial charge is 0.496 e. The van der Waals surface area contributed by atoms with Crippen molar-refractivity contribution < 1.29 is 14.3 Å². The number of piperidine rings is 1. The van der Waals surface area contributed by atoms with Crippen LogP contribution in [0.2, 0.25) is 5.02 Å². The molecule has 1 fully saturated rings. The van der Waals surface area contributed by atoms with Crippen molar-refractivity contribution in [3.05, 3.63) is 64.4 Å². The Morgan fingerprint density at radius 3 is 2.42 bits per heavy atom. The first-order valence-corrected chi connectivity index (χ1v) is 12.0. The number of nitrogens with one attached hydrogen (secondary N) is 1. The van der Waals surface area contributed by atoms with Crippen molar-refractivity contribution >= 4 is 34.2 Å². The molecule has 33 heavy (non-hydrogen) atoms. The zero-order valence-electron chi connectivity index (χ0n) is 18.7. The third-order valence-corrected chi connectivity index (χ3v) is 6.89. The van der Waals surface area contributed by atoms with Crippen molar-refractivity contribution in [1.82, 2.24) is 14.7 Å². The predicted molar refractivity (Wildman–Crippen MR) is 131 cm³/mol. The highest BCUT2D eigenvalue weighted by molar-refractivity contribution is 7.09. The molecule has 1 amide bonds. The average molecular weight is 487 g/mol. The minimum Gasteiger partial charge on any atom is -0.496 e. The van der Waals surface area contributed by atoms with Gasteiger partial charge in [0.1, 0.15) is 22.9 Å². The highest BCUT2D eigenvalue weighted by atomic mass is 35.5. The molecule has 1 aromatic heterocycles. The SMILES string of the molecule is COc1cccc(OC)c1C(=O)NCC1CCN(c2nc(Cc3ccc(Cl)cc3)ns2)CC1. The molecule has 0 saturated carbocycles. The third-order valence-electron chi connectivity index (χ3n) is 5.82. The van der Waals surface area contributed by atoms with Gasteiger partial charge in [0.15, 0.2) is 0 Å². The van der Waals surface area contributed by atoms with Crippen LogP contribution in [0.3, 0.4) is 0 Å². The van der Waals surface area contributed by atoms with E-state index in [1.54, 1.807) is 32.4 Å². The molecule has 0 spiro atoms. The summed E-state index contributed by atoms with van der Waals surface area (Å²) in [6.45, 7) is 2.41. The van der Waals surface area contributed by atoms with E-state index in [9.17, 15) is 4.79 Å². The van der Waals surface area contributed by atoms with Crippen molar-refractivity contribution in [2.45, 2.75) is 19.3 Å². The average Bonchev–Trinajstić information content (AvgIpc) is 3.32. The molecule has 1 aliphatic rings. The van der Waals surface area contributed by atoms with E-state index in [0.717, 1.165) is 47.5 Å². The standard InChI is InChI=1S/C24H27ClN4O3S/c1-31-19-4-3-5-20(32-2)22(19)23(30)26-15-17-10-12-29(13-11-17)24-27-21(28-33-24)14-16-6-8-18(25)9-7-16/h3-9,17H,10-15H2,1-2H3,(H,26,30). The van der Waals surface area contributed by atoms with E-state index in [2.05, 4.69) is 14.6 Å². The van der Waals surface area contributed by atoms with Crippen LogP contribution in [0.15, 0.2) is 42.5 Å². The van der Waals surface area contributed by atoms with Crippen LogP contribution in [0.25, 0.3) is 0 Å². The second kappa shape index (κ2) is 10.9. The number of nitrogens with zero attached hydrogens (tertiary/aromatic N) is 3. The Morgan fingerprint density at radius 2 is 1.79 bits per heavy atom. The van der Waals surface area contributed by atoms with Crippen molar-refractivity contribution in [3.63, 3.8) is 0 Å². The molecule has 1 N–H and O–H groups in total. The van der Waals surface area contributed by atoms with Gasteiger partial charge in [-0.25, -0.2) is 4.98 Å². The lowest BCUT2D eigenvalue weighted by molar-refractivity contribution is 0.0938. The van der Waals surface area contributed by atoms with Crippen LogP contribution >= 0.6 is 23.1 Å². The molecule has 4 rings (SSSR count). The van der Waals surface area contributed by atoms with E-state index >= 15 is 0 Å². The van der Waals surface area contributed by atoms with E-state index in [4.69, 9.17) is 26.1 Å². The van der Waals surface area contributed by atoms with Gasteiger partial charge in [-0.05, 0) is 48.6 Å². The Morgan fingerprint density at radius 1 is 1.12 bits per heavy atom. The molecule has 3 aromatic rings. The lowest BCUT2D eigenvalue weighted by Crippen LogP contribution is -2.38. The Labute approximate surface area is 202 Å². The maximum atomic E-state index is 12.8. The number of benzene rings is 2. The molecule has 2 heterocycles. The number of hydrogen-bond acceptors (Lipinski definition) is 7. The molecular formula is C24H27ClN4O3S. The topological polar surface area (TPSA) is 76.6 Å². The smallest absolute Gasteiger partial charge is 0.258 e. The number of ether oxygens (including phenoxy) is 2. The summed E-state index contributed by atoms with van der Waals surface area (Å²) >= 11 is 7.40. The number of aromatic nitrogens is 2. The summed E-state index contributed by atoms with van der Waals surface area (Å²) in [6, 6.07) is 13.1. The molecule has 0 bridgehead atoms. The number of hydrogen-bond donors (Lipinski definition) is 1. The summed E-state index contributed by atoms with van der Waals surface area (Å²) in [6.07, 6.45) is 2.66. The zero-order chi connectivity index (χ0) is 23.2. The monoisotopic (exact) mass is 486 g/mol. The quantitative estimate of drug-likeness (QED) is 0.507. The Kier molecular flexibility index (Phi) is 7.67. The van der Waals surface area contributed by atoms with Gasteiger partial charge in [0.25, 0.3) is 5.91 Å². The van der Waals surface area contributed by atoms with Crippen LogP contribution in [0.4, 0.5) is 5.13 Å². The van der Waals surface area contributed by atoms with Gasteiger partial charge in [-0.3, -0.25) is 4.79 Å². The van der Waals surface area contributed by atoms with Crippen LogP contribution in [-0.4, -0.2) is 49.1 Å². The highest BCUT2D eigenvalue weighted by Crippen LogP contribution is 2.29. The van der Waals surface area contributed by atoms with Gasteiger partial charge in [-0.2, -0.15) is 4.37 Å². The molecule has 0 radical (unpaired) electrons. The Hall–Kier alpha value is -2.84. The number of methoxy groups -OCH3 is 2. The normalized spacial score (nSPS) is 14.2. The second-order valence-electron chi connectivity index (χ2n) is 7.97. The molecule has 1 aliphatic heterocycles. The zero-order valence-corrected chi connectivity index (χ0v) is 20.3. The molecular weight excluding hydrogens is 460 g/mol. The maximum absolute atomic E-state index is 12.8.